The molecule has 0 saturated heterocycles. The Labute approximate surface area is 180 Å². The van der Waals surface area contributed by atoms with Gasteiger partial charge in [-0.25, -0.2) is 0 Å². The summed E-state index contributed by atoms with van der Waals surface area (Å²) in [7, 11) is -1.20. The van der Waals surface area contributed by atoms with Gasteiger partial charge in [0.1, 0.15) is 0 Å². The van der Waals surface area contributed by atoms with E-state index in [1.807, 2.05) is 30.3 Å². The van der Waals surface area contributed by atoms with Gasteiger partial charge in [-0.3, -0.25) is 4.21 Å². The Balaban J connectivity index is 1.73. The highest BCUT2D eigenvalue weighted by atomic mass is 32.2. The van der Waals surface area contributed by atoms with Crippen LogP contribution in [0.4, 0.5) is 0 Å². The second kappa shape index (κ2) is 7.70. The summed E-state index contributed by atoms with van der Waals surface area (Å²) in [5, 5.41) is 0. The van der Waals surface area contributed by atoms with Crippen molar-refractivity contribution < 1.29 is 4.21 Å². The van der Waals surface area contributed by atoms with Crippen LogP contribution in [0.2, 0.25) is 0 Å². The topological polar surface area (TPSA) is 17.1 Å². The van der Waals surface area contributed by atoms with Crippen LogP contribution >= 0.6 is 0 Å². The summed E-state index contributed by atoms with van der Waals surface area (Å²) in [4.78, 5) is 0.892. The highest BCUT2D eigenvalue weighted by Crippen LogP contribution is 2.73. The molecule has 3 atom stereocenters. The standard InChI is InChI=1S/C28H24OS/c1-21-17-19-25(20-18-21)30(29)28(24-15-9-4-10-16-24)26(22-11-5-2-6-12-22)27(28)23-13-7-3-8-14-23/h2-20,26-27H,1H3. The van der Waals surface area contributed by atoms with Crippen LogP contribution in [0, 0.1) is 6.92 Å². The van der Waals surface area contributed by atoms with E-state index in [1.54, 1.807) is 0 Å². The van der Waals surface area contributed by atoms with Crippen molar-refractivity contribution in [1.29, 1.82) is 0 Å². The second-order valence-electron chi connectivity index (χ2n) is 8.02. The maximum absolute atomic E-state index is 14.3. The van der Waals surface area contributed by atoms with Gasteiger partial charge in [0.05, 0.1) is 15.5 Å². The molecule has 1 saturated carbocycles. The van der Waals surface area contributed by atoms with E-state index in [1.165, 1.54) is 16.7 Å². The molecule has 30 heavy (non-hydrogen) atoms. The summed E-state index contributed by atoms with van der Waals surface area (Å²) in [6.45, 7) is 2.07. The Morgan fingerprint density at radius 3 is 1.50 bits per heavy atom. The molecule has 1 fully saturated rings. The van der Waals surface area contributed by atoms with Crippen molar-refractivity contribution in [3.8, 4) is 0 Å². The van der Waals surface area contributed by atoms with Crippen LogP contribution in [0.25, 0.3) is 0 Å². The van der Waals surface area contributed by atoms with Crippen LogP contribution in [0.3, 0.4) is 0 Å². The summed E-state index contributed by atoms with van der Waals surface area (Å²) in [6.07, 6.45) is 0. The molecule has 0 radical (unpaired) electrons. The van der Waals surface area contributed by atoms with Crippen LogP contribution in [0.15, 0.2) is 120 Å². The summed E-state index contributed by atoms with van der Waals surface area (Å²) in [6, 6.07) is 39.8. The van der Waals surface area contributed by atoms with Crippen molar-refractivity contribution in [2.75, 3.05) is 0 Å². The summed E-state index contributed by atoms with van der Waals surface area (Å²) < 4.78 is 13.8. The lowest BCUT2D eigenvalue weighted by atomic mass is 10.0. The number of hydrogen-bond acceptors (Lipinski definition) is 1. The van der Waals surface area contributed by atoms with E-state index in [-0.39, 0.29) is 11.8 Å². The first-order chi connectivity index (χ1) is 14.7. The number of rotatable bonds is 5. The first-order valence-corrected chi connectivity index (χ1v) is 11.5. The van der Waals surface area contributed by atoms with Crippen LogP contribution in [0.1, 0.15) is 34.1 Å². The average molecular weight is 409 g/mol. The van der Waals surface area contributed by atoms with Crippen LogP contribution in [-0.4, -0.2) is 4.21 Å². The van der Waals surface area contributed by atoms with Crippen molar-refractivity contribution in [2.24, 2.45) is 0 Å². The Morgan fingerprint density at radius 1 is 0.600 bits per heavy atom. The Morgan fingerprint density at radius 2 is 1.03 bits per heavy atom. The Bertz CT molecular complexity index is 1110. The maximum atomic E-state index is 14.3. The first kappa shape index (κ1) is 19.0. The van der Waals surface area contributed by atoms with Gasteiger partial charge in [-0.1, -0.05) is 109 Å². The van der Waals surface area contributed by atoms with E-state index < -0.39 is 15.5 Å². The van der Waals surface area contributed by atoms with Crippen LogP contribution < -0.4 is 0 Å². The van der Waals surface area contributed by atoms with Crippen molar-refractivity contribution >= 4 is 10.8 Å². The highest BCUT2D eigenvalue weighted by molar-refractivity contribution is 7.86. The number of aryl methyl sites for hydroxylation is 1. The number of hydrogen-bond donors (Lipinski definition) is 0. The van der Waals surface area contributed by atoms with Crippen LogP contribution in [-0.2, 0) is 15.5 Å². The van der Waals surface area contributed by atoms with E-state index in [9.17, 15) is 4.21 Å². The van der Waals surface area contributed by atoms with Gasteiger partial charge in [0, 0.05) is 16.7 Å². The van der Waals surface area contributed by atoms with E-state index in [0.717, 1.165) is 10.5 Å². The predicted octanol–water partition coefficient (Wildman–Crippen LogP) is 6.58. The van der Waals surface area contributed by atoms with E-state index in [4.69, 9.17) is 0 Å². The molecule has 4 aromatic rings. The third-order valence-corrected chi connectivity index (χ3v) is 8.29. The van der Waals surface area contributed by atoms with Gasteiger partial charge < -0.3 is 0 Å². The predicted molar refractivity (Wildman–Crippen MR) is 124 cm³/mol. The van der Waals surface area contributed by atoms with Gasteiger partial charge in [0.25, 0.3) is 0 Å². The minimum Gasteiger partial charge on any atom is -0.253 e. The van der Waals surface area contributed by atoms with E-state index in [2.05, 4.69) is 91.9 Å². The Kier molecular flexibility index (Phi) is 4.88. The largest absolute Gasteiger partial charge is 0.253 e. The lowest BCUT2D eigenvalue weighted by Gasteiger charge is -2.20. The fourth-order valence-corrected chi connectivity index (χ4v) is 6.88. The van der Waals surface area contributed by atoms with Gasteiger partial charge in [-0.2, -0.15) is 0 Å². The second-order valence-corrected chi connectivity index (χ2v) is 9.70. The molecule has 1 aliphatic rings. The Hall–Kier alpha value is -2.97. The molecule has 3 unspecified atom stereocenters. The molecule has 0 aromatic heterocycles. The molecule has 0 bridgehead atoms. The SMILES string of the molecule is Cc1ccc(S(=O)C2(c3ccccc3)C(c3ccccc3)C2c2ccccc2)cc1. The molecule has 5 rings (SSSR count). The highest BCUT2D eigenvalue weighted by Gasteiger charge is 2.70. The third-order valence-electron chi connectivity index (χ3n) is 6.23. The molecule has 0 heterocycles. The van der Waals surface area contributed by atoms with E-state index in [0.29, 0.717) is 0 Å². The van der Waals surface area contributed by atoms with Crippen LogP contribution in [0.5, 0.6) is 0 Å². The zero-order chi connectivity index (χ0) is 20.6. The van der Waals surface area contributed by atoms with Gasteiger partial charge >= 0.3 is 0 Å². The zero-order valence-corrected chi connectivity index (χ0v) is 17.8. The fraction of sp³-hybridized carbons (Fsp3) is 0.143. The molecule has 1 nitrogen and oxygen atoms in total. The third kappa shape index (κ3) is 3.03. The van der Waals surface area contributed by atoms with Gasteiger partial charge in [-0.15, -0.1) is 0 Å². The summed E-state index contributed by atoms with van der Waals surface area (Å²) >= 11 is 0. The zero-order valence-electron chi connectivity index (χ0n) is 16.9. The van der Waals surface area contributed by atoms with E-state index >= 15 is 0 Å². The summed E-state index contributed by atoms with van der Waals surface area (Å²) in [5.41, 5.74) is 4.82. The van der Waals surface area contributed by atoms with Crippen molar-refractivity contribution in [2.45, 2.75) is 28.4 Å². The molecule has 0 aliphatic heterocycles. The molecule has 0 N–H and O–H groups in total. The normalized spacial score (nSPS) is 23.6. The molecular formula is C28H24OS. The van der Waals surface area contributed by atoms with Gasteiger partial charge in [-0.05, 0) is 35.7 Å². The molecular weight excluding hydrogens is 384 g/mol. The minimum absolute atomic E-state index is 0.158. The van der Waals surface area contributed by atoms with Crippen molar-refractivity contribution in [3.05, 3.63) is 138 Å². The fourth-order valence-electron chi connectivity index (χ4n) is 4.82. The summed E-state index contributed by atoms with van der Waals surface area (Å²) in [5.74, 6) is 0.316. The molecule has 148 valence electrons. The quantitative estimate of drug-likeness (QED) is 0.364. The molecule has 4 aromatic carbocycles. The monoisotopic (exact) mass is 408 g/mol. The smallest absolute Gasteiger partial charge is 0.0903 e. The molecule has 1 aliphatic carbocycles. The molecule has 2 heteroatoms. The molecule has 0 amide bonds. The van der Waals surface area contributed by atoms with Gasteiger partial charge in [0.15, 0.2) is 0 Å². The number of benzene rings is 4. The first-order valence-electron chi connectivity index (χ1n) is 10.4. The molecule has 0 spiro atoms. The van der Waals surface area contributed by atoms with Gasteiger partial charge in [0.2, 0.25) is 0 Å². The van der Waals surface area contributed by atoms with Crippen molar-refractivity contribution in [3.63, 3.8) is 0 Å². The maximum Gasteiger partial charge on any atom is 0.0903 e. The lowest BCUT2D eigenvalue weighted by Crippen LogP contribution is -2.19. The minimum atomic E-state index is -1.20. The average Bonchev–Trinajstić information content (AvgIpc) is 3.52. The lowest BCUT2D eigenvalue weighted by molar-refractivity contribution is 0.667. The van der Waals surface area contributed by atoms with Crippen molar-refractivity contribution in [1.82, 2.24) is 0 Å².